The minimum atomic E-state index is -3.62. The van der Waals surface area contributed by atoms with Crippen LogP contribution in [0.25, 0.3) is 0 Å². The molecule has 108 valence electrons. The van der Waals surface area contributed by atoms with Crippen molar-refractivity contribution in [2.24, 2.45) is 12.9 Å². The van der Waals surface area contributed by atoms with E-state index in [-0.39, 0.29) is 17.3 Å². The van der Waals surface area contributed by atoms with Crippen LogP contribution < -0.4 is 11.3 Å². The van der Waals surface area contributed by atoms with Gasteiger partial charge in [0.1, 0.15) is 11.6 Å². The summed E-state index contributed by atoms with van der Waals surface area (Å²) in [6.07, 6.45) is 4.77. The number of nitrogens with one attached hydrogen (secondary N) is 1. The fourth-order valence-electron chi connectivity index (χ4n) is 1.66. The van der Waals surface area contributed by atoms with Crippen molar-refractivity contribution in [3.8, 4) is 0 Å². The molecule has 0 aliphatic carbocycles. The number of aromatic nitrogens is 3. The van der Waals surface area contributed by atoms with Gasteiger partial charge in [0.25, 0.3) is 0 Å². The zero-order valence-electron chi connectivity index (χ0n) is 11.2. The lowest BCUT2D eigenvalue weighted by Gasteiger charge is -2.17. The maximum absolute atomic E-state index is 12.4. The molecule has 9 heteroatoms. The van der Waals surface area contributed by atoms with Gasteiger partial charge in [0, 0.05) is 38.8 Å². The Labute approximate surface area is 117 Å². The smallest absolute Gasteiger partial charge is 0.243 e. The number of nitrogens with two attached hydrogens (primary N) is 1. The minimum Gasteiger partial charge on any atom is -0.337 e. The molecule has 0 saturated carbocycles. The van der Waals surface area contributed by atoms with Crippen molar-refractivity contribution in [2.45, 2.75) is 11.4 Å². The Morgan fingerprint density at radius 1 is 1.40 bits per heavy atom. The highest BCUT2D eigenvalue weighted by molar-refractivity contribution is 7.89. The van der Waals surface area contributed by atoms with E-state index >= 15 is 0 Å². The van der Waals surface area contributed by atoms with Gasteiger partial charge in [0.05, 0.1) is 11.4 Å². The molecule has 0 unspecified atom stereocenters. The Kier molecular flexibility index (Phi) is 4.02. The van der Waals surface area contributed by atoms with Gasteiger partial charge in [0.15, 0.2) is 0 Å². The van der Waals surface area contributed by atoms with Gasteiger partial charge in [-0.2, -0.15) is 4.31 Å². The number of aryl methyl sites for hydroxylation is 1. The van der Waals surface area contributed by atoms with Gasteiger partial charge in [-0.25, -0.2) is 24.2 Å². The second-order valence-corrected chi connectivity index (χ2v) is 6.28. The van der Waals surface area contributed by atoms with Crippen LogP contribution in [-0.4, -0.2) is 34.3 Å². The van der Waals surface area contributed by atoms with Crippen LogP contribution in [0.5, 0.6) is 0 Å². The van der Waals surface area contributed by atoms with Crippen LogP contribution in [0.1, 0.15) is 5.82 Å². The van der Waals surface area contributed by atoms with Crippen LogP contribution in [0.4, 0.5) is 5.82 Å². The van der Waals surface area contributed by atoms with Crippen molar-refractivity contribution in [2.75, 3.05) is 12.5 Å². The van der Waals surface area contributed by atoms with E-state index < -0.39 is 10.0 Å². The number of sulfonamides is 1. The summed E-state index contributed by atoms with van der Waals surface area (Å²) in [5, 5.41) is 0. The SMILES string of the molecule is CN(Cc1nccn1C)S(=O)(=O)c1ccnc(NN)c1. The van der Waals surface area contributed by atoms with E-state index in [0.717, 1.165) is 0 Å². The highest BCUT2D eigenvalue weighted by Crippen LogP contribution is 2.17. The Balaban J connectivity index is 2.27. The average molecular weight is 296 g/mol. The molecule has 2 heterocycles. The lowest BCUT2D eigenvalue weighted by atomic mass is 10.5. The van der Waals surface area contributed by atoms with Crippen LogP contribution in [0.2, 0.25) is 0 Å². The number of rotatable bonds is 5. The topological polar surface area (TPSA) is 106 Å². The molecule has 20 heavy (non-hydrogen) atoms. The molecule has 3 N–H and O–H groups in total. The highest BCUT2D eigenvalue weighted by atomic mass is 32.2. The quantitative estimate of drug-likeness (QED) is 0.590. The van der Waals surface area contributed by atoms with E-state index in [0.29, 0.717) is 5.82 Å². The predicted molar refractivity (Wildman–Crippen MR) is 73.9 cm³/mol. The molecule has 0 aliphatic heterocycles. The van der Waals surface area contributed by atoms with Crippen molar-refractivity contribution >= 4 is 15.8 Å². The molecule has 0 fully saturated rings. The number of nitrogens with zero attached hydrogens (tertiary/aromatic N) is 4. The van der Waals surface area contributed by atoms with E-state index in [9.17, 15) is 8.42 Å². The largest absolute Gasteiger partial charge is 0.337 e. The molecule has 0 aromatic carbocycles. The molecule has 2 aromatic rings. The van der Waals surface area contributed by atoms with Gasteiger partial charge in [-0.3, -0.25) is 0 Å². The number of anilines is 1. The van der Waals surface area contributed by atoms with E-state index in [1.165, 1.54) is 29.7 Å². The lowest BCUT2D eigenvalue weighted by molar-refractivity contribution is 0.451. The third kappa shape index (κ3) is 2.79. The van der Waals surface area contributed by atoms with Gasteiger partial charge in [0.2, 0.25) is 10.0 Å². The highest BCUT2D eigenvalue weighted by Gasteiger charge is 2.22. The Morgan fingerprint density at radius 3 is 2.75 bits per heavy atom. The summed E-state index contributed by atoms with van der Waals surface area (Å²) in [5.74, 6) is 6.18. The molecule has 0 spiro atoms. The van der Waals surface area contributed by atoms with Gasteiger partial charge < -0.3 is 9.99 Å². The molecule has 0 radical (unpaired) electrons. The molecule has 2 aromatic heterocycles. The normalized spacial score (nSPS) is 11.8. The van der Waals surface area contributed by atoms with Crippen molar-refractivity contribution in [3.05, 3.63) is 36.5 Å². The maximum atomic E-state index is 12.4. The predicted octanol–water partition coefficient (Wildman–Crippen LogP) is -0.0786. The van der Waals surface area contributed by atoms with Crippen molar-refractivity contribution in [1.82, 2.24) is 18.8 Å². The fraction of sp³-hybridized carbons (Fsp3) is 0.273. The molecule has 0 saturated heterocycles. The summed E-state index contributed by atoms with van der Waals surface area (Å²) >= 11 is 0. The van der Waals surface area contributed by atoms with Gasteiger partial charge >= 0.3 is 0 Å². The summed E-state index contributed by atoms with van der Waals surface area (Å²) in [4.78, 5) is 8.12. The lowest BCUT2D eigenvalue weighted by Crippen LogP contribution is -2.28. The first-order valence-corrected chi connectivity index (χ1v) is 7.24. The van der Waals surface area contributed by atoms with Crippen LogP contribution in [0.15, 0.2) is 35.6 Å². The molecule has 2 rings (SSSR count). The van der Waals surface area contributed by atoms with E-state index in [1.807, 2.05) is 7.05 Å². The summed E-state index contributed by atoms with van der Waals surface area (Å²) in [7, 11) is -0.309. The fourth-order valence-corrected chi connectivity index (χ4v) is 2.80. The number of imidazole rings is 1. The molecular formula is C11H16N6O2S. The Hall–Kier alpha value is -1.97. The van der Waals surface area contributed by atoms with Crippen LogP contribution in [0.3, 0.4) is 0 Å². The second-order valence-electron chi connectivity index (χ2n) is 4.24. The first-order chi connectivity index (χ1) is 9.45. The summed E-state index contributed by atoms with van der Waals surface area (Å²) < 4.78 is 27.9. The zero-order valence-corrected chi connectivity index (χ0v) is 12.0. The van der Waals surface area contributed by atoms with Crippen LogP contribution in [-0.2, 0) is 23.6 Å². The van der Waals surface area contributed by atoms with E-state index in [4.69, 9.17) is 5.84 Å². The third-order valence-electron chi connectivity index (χ3n) is 2.87. The molecule has 0 aliphatic rings. The Morgan fingerprint density at radius 2 is 2.15 bits per heavy atom. The molecule has 0 bridgehead atoms. The van der Waals surface area contributed by atoms with Crippen molar-refractivity contribution in [1.29, 1.82) is 0 Å². The first-order valence-electron chi connectivity index (χ1n) is 5.80. The van der Waals surface area contributed by atoms with Gasteiger partial charge in [-0.05, 0) is 6.07 Å². The van der Waals surface area contributed by atoms with E-state index in [2.05, 4.69) is 15.4 Å². The van der Waals surface area contributed by atoms with Crippen LogP contribution in [0, 0.1) is 0 Å². The molecule has 0 atom stereocenters. The average Bonchev–Trinajstić information content (AvgIpc) is 2.84. The van der Waals surface area contributed by atoms with Crippen LogP contribution >= 0.6 is 0 Å². The number of hydrogen-bond donors (Lipinski definition) is 2. The molecular weight excluding hydrogens is 280 g/mol. The third-order valence-corrected chi connectivity index (χ3v) is 4.67. The minimum absolute atomic E-state index is 0.122. The van der Waals surface area contributed by atoms with E-state index in [1.54, 1.807) is 17.0 Å². The standard InChI is InChI=1S/C11H16N6O2S/c1-16-6-5-14-11(16)8-17(2)20(18,19)9-3-4-13-10(7-9)15-12/h3-7H,8,12H2,1-2H3,(H,13,15). The van der Waals surface area contributed by atoms with Gasteiger partial charge in [-0.15, -0.1) is 0 Å². The number of pyridine rings is 1. The molecule has 8 nitrogen and oxygen atoms in total. The second kappa shape index (κ2) is 5.57. The van der Waals surface area contributed by atoms with Crippen molar-refractivity contribution in [3.63, 3.8) is 0 Å². The molecule has 0 amide bonds. The summed E-state index contributed by atoms with van der Waals surface area (Å²) in [6, 6.07) is 2.80. The number of nitrogen functional groups attached to an aromatic ring is 1. The zero-order chi connectivity index (χ0) is 14.8. The van der Waals surface area contributed by atoms with Gasteiger partial charge in [-0.1, -0.05) is 0 Å². The Bertz CT molecular complexity index is 696. The summed E-state index contributed by atoms with van der Waals surface area (Å²) in [6.45, 7) is 0.180. The van der Waals surface area contributed by atoms with Crippen molar-refractivity contribution < 1.29 is 8.42 Å². The first kappa shape index (κ1) is 14.4. The summed E-state index contributed by atoms with van der Waals surface area (Å²) in [5.41, 5.74) is 2.32. The number of hydrogen-bond acceptors (Lipinski definition) is 6. The monoisotopic (exact) mass is 296 g/mol. The number of hydrazine groups is 1. The maximum Gasteiger partial charge on any atom is 0.243 e.